The molecule has 126 valence electrons. The van der Waals surface area contributed by atoms with Crippen LogP contribution in [0.5, 0.6) is 0 Å². The quantitative estimate of drug-likeness (QED) is 0.742. The Bertz CT molecular complexity index is 297. The second-order valence-electron chi connectivity index (χ2n) is 8.64. The molecule has 3 nitrogen and oxygen atoms in total. The lowest BCUT2D eigenvalue weighted by Gasteiger charge is -2.38. The van der Waals surface area contributed by atoms with Crippen LogP contribution in [0.1, 0.15) is 60.3 Å². The maximum absolute atomic E-state index is 3.72. The van der Waals surface area contributed by atoms with Crippen LogP contribution >= 0.6 is 0 Å². The highest BCUT2D eigenvalue weighted by molar-refractivity contribution is 4.85. The fourth-order valence-corrected chi connectivity index (χ4v) is 3.59. The molecule has 2 unspecified atom stereocenters. The van der Waals surface area contributed by atoms with E-state index in [2.05, 4.69) is 63.8 Å². The molecule has 0 saturated carbocycles. The summed E-state index contributed by atoms with van der Waals surface area (Å²) >= 11 is 0. The number of likely N-dealkylation sites (N-methyl/N-ethyl adjacent to an activating group) is 2. The summed E-state index contributed by atoms with van der Waals surface area (Å²) < 4.78 is 0. The van der Waals surface area contributed by atoms with Gasteiger partial charge in [-0.15, -0.1) is 0 Å². The normalized spacial score (nSPS) is 23.7. The SMILES string of the molecule is CCCC(C)(CNC(C)(C)C)CN(C)CC1CCCN1C. The average molecular weight is 298 g/mol. The topological polar surface area (TPSA) is 18.5 Å². The second-order valence-corrected chi connectivity index (χ2v) is 8.64. The van der Waals surface area contributed by atoms with Crippen LogP contribution in [0.25, 0.3) is 0 Å². The fourth-order valence-electron chi connectivity index (χ4n) is 3.59. The minimum atomic E-state index is 0.208. The van der Waals surface area contributed by atoms with E-state index in [1.807, 2.05) is 0 Å². The molecule has 0 aromatic rings. The smallest absolute Gasteiger partial charge is 0.0220 e. The molecule has 1 fully saturated rings. The van der Waals surface area contributed by atoms with E-state index in [9.17, 15) is 0 Å². The van der Waals surface area contributed by atoms with E-state index in [0.29, 0.717) is 5.41 Å². The summed E-state index contributed by atoms with van der Waals surface area (Å²) in [5, 5.41) is 3.72. The van der Waals surface area contributed by atoms with Crippen LogP contribution in [0.15, 0.2) is 0 Å². The fraction of sp³-hybridized carbons (Fsp3) is 1.00. The van der Waals surface area contributed by atoms with Crippen molar-refractivity contribution in [3.63, 3.8) is 0 Å². The highest BCUT2D eigenvalue weighted by Gasteiger charge is 2.29. The number of hydrogen-bond donors (Lipinski definition) is 1. The zero-order valence-corrected chi connectivity index (χ0v) is 15.6. The van der Waals surface area contributed by atoms with Gasteiger partial charge < -0.3 is 15.1 Å². The molecule has 1 aliphatic heterocycles. The largest absolute Gasteiger partial charge is 0.311 e. The molecule has 1 heterocycles. The van der Waals surface area contributed by atoms with Crippen LogP contribution in [-0.4, -0.2) is 61.7 Å². The maximum atomic E-state index is 3.72. The molecule has 0 aliphatic carbocycles. The minimum absolute atomic E-state index is 0.208. The van der Waals surface area contributed by atoms with Gasteiger partial charge in [-0.2, -0.15) is 0 Å². The standard InChI is InChI=1S/C18H39N3/c1-8-11-18(5,14-19-17(2,3)4)15-20(6)13-16-10-9-12-21(16)7/h16,19H,8-15H2,1-7H3. The molecule has 0 bridgehead atoms. The number of nitrogens with zero attached hydrogens (tertiary/aromatic N) is 2. The van der Waals surface area contributed by atoms with Crippen LogP contribution in [0, 0.1) is 5.41 Å². The van der Waals surface area contributed by atoms with E-state index in [-0.39, 0.29) is 5.54 Å². The molecular weight excluding hydrogens is 258 g/mol. The van der Waals surface area contributed by atoms with Crippen molar-refractivity contribution in [1.29, 1.82) is 0 Å². The zero-order valence-electron chi connectivity index (χ0n) is 15.6. The summed E-state index contributed by atoms with van der Waals surface area (Å²) in [6.45, 7) is 16.3. The van der Waals surface area contributed by atoms with Gasteiger partial charge in [0.25, 0.3) is 0 Å². The summed E-state index contributed by atoms with van der Waals surface area (Å²) in [6.07, 6.45) is 5.29. The molecule has 1 rings (SSSR count). The van der Waals surface area contributed by atoms with E-state index in [0.717, 1.165) is 12.6 Å². The molecule has 0 radical (unpaired) electrons. The third-order valence-corrected chi connectivity index (χ3v) is 4.74. The maximum Gasteiger partial charge on any atom is 0.0220 e. The number of rotatable bonds is 8. The van der Waals surface area contributed by atoms with Crippen LogP contribution in [-0.2, 0) is 0 Å². The lowest BCUT2D eigenvalue weighted by molar-refractivity contribution is 0.137. The molecule has 0 aromatic heterocycles. The lowest BCUT2D eigenvalue weighted by Crippen LogP contribution is -2.48. The summed E-state index contributed by atoms with van der Waals surface area (Å²) in [5.74, 6) is 0. The van der Waals surface area contributed by atoms with E-state index < -0.39 is 0 Å². The van der Waals surface area contributed by atoms with Crippen LogP contribution in [0.2, 0.25) is 0 Å². The van der Waals surface area contributed by atoms with Crippen molar-refractivity contribution < 1.29 is 0 Å². The van der Waals surface area contributed by atoms with Gasteiger partial charge >= 0.3 is 0 Å². The Morgan fingerprint density at radius 3 is 2.38 bits per heavy atom. The minimum Gasteiger partial charge on any atom is -0.311 e. The second kappa shape index (κ2) is 7.94. The van der Waals surface area contributed by atoms with E-state index in [4.69, 9.17) is 0 Å². The predicted molar refractivity (Wildman–Crippen MR) is 93.9 cm³/mol. The molecule has 2 atom stereocenters. The van der Waals surface area contributed by atoms with E-state index in [1.54, 1.807) is 0 Å². The van der Waals surface area contributed by atoms with Gasteiger partial charge in [0.15, 0.2) is 0 Å². The number of nitrogens with one attached hydrogen (secondary N) is 1. The van der Waals surface area contributed by atoms with Gasteiger partial charge in [-0.25, -0.2) is 0 Å². The van der Waals surface area contributed by atoms with E-state index >= 15 is 0 Å². The highest BCUT2D eigenvalue weighted by atomic mass is 15.2. The van der Waals surface area contributed by atoms with Gasteiger partial charge in [0.2, 0.25) is 0 Å². The Hall–Kier alpha value is -0.120. The molecule has 1 N–H and O–H groups in total. The monoisotopic (exact) mass is 297 g/mol. The first-order chi connectivity index (χ1) is 9.65. The lowest BCUT2D eigenvalue weighted by atomic mass is 9.84. The molecule has 0 aromatic carbocycles. The van der Waals surface area contributed by atoms with Gasteiger partial charge in [0.05, 0.1) is 0 Å². The van der Waals surface area contributed by atoms with Gasteiger partial charge in [-0.3, -0.25) is 0 Å². The first kappa shape index (κ1) is 18.9. The first-order valence-electron chi connectivity index (χ1n) is 8.79. The summed E-state index contributed by atoms with van der Waals surface area (Å²) in [5.41, 5.74) is 0.577. The van der Waals surface area contributed by atoms with Crippen LogP contribution in [0.3, 0.4) is 0 Å². The van der Waals surface area contributed by atoms with Crippen molar-refractivity contribution in [2.45, 2.75) is 71.9 Å². The van der Waals surface area contributed by atoms with E-state index in [1.165, 1.54) is 45.3 Å². The molecule has 0 spiro atoms. The zero-order chi connectivity index (χ0) is 16.1. The summed E-state index contributed by atoms with van der Waals surface area (Å²) in [6, 6.07) is 0.761. The van der Waals surface area contributed by atoms with Crippen molar-refractivity contribution in [2.75, 3.05) is 40.3 Å². The van der Waals surface area contributed by atoms with Crippen molar-refractivity contribution in [3.05, 3.63) is 0 Å². The Balaban J connectivity index is 2.51. The number of hydrogen-bond acceptors (Lipinski definition) is 3. The Labute approximate surface area is 133 Å². The summed E-state index contributed by atoms with van der Waals surface area (Å²) in [7, 11) is 4.58. The number of likely N-dealkylation sites (tertiary alicyclic amines) is 1. The Kier molecular flexibility index (Phi) is 7.15. The molecule has 21 heavy (non-hydrogen) atoms. The van der Waals surface area contributed by atoms with Gasteiger partial charge in [0, 0.05) is 31.2 Å². The van der Waals surface area contributed by atoms with Crippen LogP contribution < -0.4 is 5.32 Å². The molecule has 0 amide bonds. The van der Waals surface area contributed by atoms with Crippen molar-refractivity contribution >= 4 is 0 Å². The van der Waals surface area contributed by atoms with Crippen molar-refractivity contribution in [3.8, 4) is 0 Å². The third-order valence-electron chi connectivity index (χ3n) is 4.74. The summed E-state index contributed by atoms with van der Waals surface area (Å²) in [4.78, 5) is 5.09. The van der Waals surface area contributed by atoms with Crippen molar-refractivity contribution in [2.24, 2.45) is 5.41 Å². The van der Waals surface area contributed by atoms with Gasteiger partial charge in [0.1, 0.15) is 0 Å². The Morgan fingerprint density at radius 1 is 1.24 bits per heavy atom. The third kappa shape index (κ3) is 7.12. The molecular formula is C18H39N3. The molecule has 1 saturated heterocycles. The average Bonchev–Trinajstić information content (AvgIpc) is 2.72. The van der Waals surface area contributed by atoms with Gasteiger partial charge in [-0.05, 0) is 66.1 Å². The Morgan fingerprint density at radius 2 is 1.90 bits per heavy atom. The molecule has 1 aliphatic rings. The van der Waals surface area contributed by atoms with Crippen molar-refractivity contribution in [1.82, 2.24) is 15.1 Å². The van der Waals surface area contributed by atoms with Gasteiger partial charge in [-0.1, -0.05) is 20.3 Å². The predicted octanol–water partition coefficient (Wildman–Crippen LogP) is 3.21. The first-order valence-corrected chi connectivity index (χ1v) is 8.79. The van der Waals surface area contributed by atoms with Crippen LogP contribution in [0.4, 0.5) is 0 Å². The highest BCUT2D eigenvalue weighted by Crippen LogP contribution is 2.25. The molecule has 3 heteroatoms.